The fourth-order valence-corrected chi connectivity index (χ4v) is 2.41. The highest BCUT2D eigenvalue weighted by Gasteiger charge is 2.25. The van der Waals surface area contributed by atoms with Crippen LogP contribution in [0.1, 0.15) is 18.9 Å². The Labute approximate surface area is 105 Å². The lowest BCUT2D eigenvalue weighted by molar-refractivity contribution is -0.132. The third kappa shape index (κ3) is 1.79. The highest BCUT2D eigenvalue weighted by atomic mass is 16.2. The molecule has 2 aromatic heterocycles. The van der Waals surface area contributed by atoms with Gasteiger partial charge in [-0.1, -0.05) is 0 Å². The number of carbonyl (C=O) groups excluding carboxylic acids is 1. The highest BCUT2D eigenvalue weighted by Crippen LogP contribution is 2.26. The summed E-state index contributed by atoms with van der Waals surface area (Å²) in [6.45, 7) is 0.732. The maximum atomic E-state index is 11.5. The minimum Gasteiger partial charge on any atom is -0.344 e. The van der Waals surface area contributed by atoms with E-state index < -0.39 is 0 Å². The van der Waals surface area contributed by atoms with Gasteiger partial charge in [0.1, 0.15) is 5.69 Å². The van der Waals surface area contributed by atoms with Crippen molar-refractivity contribution in [3.8, 4) is 11.5 Å². The number of imidazole rings is 2. The molecule has 0 spiro atoms. The van der Waals surface area contributed by atoms with E-state index in [9.17, 15) is 4.79 Å². The third-order valence-electron chi connectivity index (χ3n) is 3.40. The average Bonchev–Trinajstić information content (AvgIpc) is 3.00. The summed E-state index contributed by atoms with van der Waals surface area (Å²) in [4.78, 5) is 24.7. The molecule has 1 aliphatic heterocycles. The number of amides is 1. The summed E-state index contributed by atoms with van der Waals surface area (Å²) in [7, 11) is 1.85. The van der Waals surface area contributed by atoms with Crippen LogP contribution in [-0.4, -0.2) is 43.9 Å². The molecular formula is C12H15N5O. The maximum absolute atomic E-state index is 11.5. The van der Waals surface area contributed by atoms with Gasteiger partial charge in [0.25, 0.3) is 0 Å². The largest absolute Gasteiger partial charge is 0.344 e. The van der Waals surface area contributed by atoms with Gasteiger partial charge in [0.15, 0.2) is 5.82 Å². The summed E-state index contributed by atoms with van der Waals surface area (Å²) in [5, 5.41) is 0. The number of nitrogens with one attached hydrogen (secondary N) is 1. The number of likely N-dealkylation sites (N-methyl/N-ethyl adjacent to an activating group) is 1. The molecule has 0 saturated carbocycles. The first-order chi connectivity index (χ1) is 8.75. The number of carbonyl (C=O) groups is 1. The molecule has 1 saturated heterocycles. The molecule has 0 aromatic carbocycles. The van der Waals surface area contributed by atoms with Crippen molar-refractivity contribution in [1.82, 2.24) is 24.4 Å². The van der Waals surface area contributed by atoms with Gasteiger partial charge in [0, 0.05) is 32.4 Å². The van der Waals surface area contributed by atoms with Crippen molar-refractivity contribution in [1.29, 1.82) is 0 Å². The molecule has 3 heterocycles. The standard InChI is InChI=1S/C12H15N5O/c1-16-7-9(2-3-11(16)18)17-5-4-14-12(17)10-6-13-8-15-10/h4-6,8-9H,2-3,7H2,1H3,(H,13,15). The van der Waals surface area contributed by atoms with Crippen LogP contribution in [0.25, 0.3) is 11.5 Å². The molecule has 1 unspecified atom stereocenters. The van der Waals surface area contributed by atoms with Gasteiger partial charge in [-0.15, -0.1) is 0 Å². The Kier molecular flexibility index (Phi) is 2.62. The smallest absolute Gasteiger partial charge is 0.222 e. The zero-order valence-electron chi connectivity index (χ0n) is 10.2. The van der Waals surface area contributed by atoms with Crippen molar-refractivity contribution in [2.45, 2.75) is 18.9 Å². The van der Waals surface area contributed by atoms with Gasteiger partial charge in [-0.2, -0.15) is 0 Å². The van der Waals surface area contributed by atoms with Crippen LogP contribution in [0.3, 0.4) is 0 Å². The molecule has 0 aliphatic carbocycles. The molecule has 0 bridgehead atoms. The molecule has 94 valence electrons. The molecule has 1 fully saturated rings. The van der Waals surface area contributed by atoms with Crippen LogP contribution in [0.4, 0.5) is 0 Å². The van der Waals surface area contributed by atoms with Gasteiger partial charge in [0.05, 0.1) is 18.6 Å². The number of nitrogens with zero attached hydrogens (tertiary/aromatic N) is 4. The summed E-state index contributed by atoms with van der Waals surface area (Å²) in [5.74, 6) is 1.09. The Bertz CT molecular complexity index is 545. The van der Waals surface area contributed by atoms with Crippen molar-refractivity contribution in [3.63, 3.8) is 0 Å². The summed E-state index contributed by atoms with van der Waals surface area (Å²) < 4.78 is 2.12. The van der Waals surface area contributed by atoms with Gasteiger partial charge in [-0.05, 0) is 6.42 Å². The van der Waals surface area contributed by atoms with E-state index in [4.69, 9.17) is 0 Å². The van der Waals surface area contributed by atoms with E-state index in [0.717, 1.165) is 24.5 Å². The van der Waals surface area contributed by atoms with Crippen LogP contribution in [0.2, 0.25) is 0 Å². The van der Waals surface area contributed by atoms with E-state index in [1.165, 1.54) is 0 Å². The number of aromatic amines is 1. The summed E-state index contributed by atoms with van der Waals surface area (Å²) in [6.07, 6.45) is 8.61. The topological polar surface area (TPSA) is 66.8 Å². The molecule has 6 nitrogen and oxygen atoms in total. The normalized spacial score (nSPS) is 20.4. The average molecular weight is 245 g/mol. The maximum Gasteiger partial charge on any atom is 0.222 e. The monoisotopic (exact) mass is 245 g/mol. The Balaban J connectivity index is 1.89. The Morgan fingerprint density at radius 1 is 1.50 bits per heavy atom. The number of piperidine rings is 1. The van der Waals surface area contributed by atoms with Crippen LogP contribution < -0.4 is 0 Å². The van der Waals surface area contributed by atoms with Gasteiger partial charge >= 0.3 is 0 Å². The number of hydrogen-bond donors (Lipinski definition) is 1. The van der Waals surface area contributed by atoms with Crippen molar-refractivity contribution >= 4 is 5.91 Å². The van der Waals surface area contributed by atoms with E-state index >= 15 is 0 Å². The lowest BCUT2D eigenvalue weighted by atomic mass is 10.1. The molecule has 18 heavy (non-hydrogen) atoms. The van der Waals surface area contributed by atoms with Crippen molar-refractivity contribution in [3.05, 3.63) is 24.9 Å². The fourth-order valence-electron chi connectivity index (χ4n) is 2.41. The number of likely N-dealkylation sites (tertiary alicyclic amines) is 1. The molecule has 1 atom stereocenters. The lowest BCUT2D eigenvalue weighted by Gasteiger charge is -2.31. The zero-order valence-corrected chi connectivity index (χ0v) is 10.2. The third-order valence-corrected chi connectivity index (χ3v) is 3.40. The van der Waals surface area contributed by atoms with E-state index in [1.807, 2.05) is 13.2 Å². The SMILES string of the molecule is CN1CC(n2ccnc2-c2cnc[nH]2)CCC1=O. The van der Waals surface area contributed by atoms with Gasteiger partial charge in [-0.3, -0.25) is 4.79 Å². The van der Waals surface area contributed by atoms with E-state index in [0.29, 0.717) is 6.42 Å². The lowest BCUT2D eigenvalue weighted by Crippen LogP contribution is -2.37. The second-order valence-corrected chi connectivity index (χ2v) is 4.59. The van der Waals surface area contributed by atoms with E-state index in [-0.39, 0.29) is 11.9 Å². The van der Waals surface area contributed by atoms with Crippen LogP contribution in [0, 0.1) is 0 Å². The predicted molar refractivity (Wildman–Crippen MR) is 65.7 cm³/mol. The van der Waals surface area contributed by atoms with Gasteiger partial charge in [0.2, 0.25) is 5.91 Å². The molecule has 1 N–H and O–H groups in total. The molecule has 3 rings (SSSR count). The number of aromatic nitrogens is 4. The van der Waals surface area contributed by atoms with Crippen LogP contribution in [0.5, 0.6) is 0 Å². The number of hydrogen-bond acceptors (Lipinski definition) is 3. The Morgan fingerprint density at radius 3 is 3.11 bits per heavy atom. The quantitative estimate of drug-likeness (QED) is 0.860. The van der Waals surface area contributed by atoms with Crippen molar-refractivity contribution in [2.75, 3.05) is 13.6 Å². The second-order valence-electron chi connectivity index (χ2n) is 4.59. The van der Waals surface area contributed by atoms with E-state index in [1.54, 1.807) is 23.6 Å². The number of H-pyrrole nitrogens is 1. The predicted octanol–water partition coefficient (Wildman–Crippen LogP) is 1.07. The first kappa shape index (κ1) is 11.0. The zero-order chi connectivity index (χ0) is 12.5. The minimum absolute atomic E-state index is 0.217. The molecule has 1 aliphatic rings. The summed E-state index contributed by atoms with van der Waals surface area (Å²) >= 11 is 0. The second kappa shape index (κ2) is 4.29. The molecular weight excluding hydrogens is 230 g/mol. The van der Waals surface area contributed by atoms with Gasteiger partial charge < -0.3 is 14.5 Å². The summed E-state index contributed by atoms with van der Waals surface area (Å²) in [5.41, 5.74) is 0.902. The fraction of sp³-hybridized carbons (Fsp3) is 0.417. The summed E-state index contributed by atoms with van der Waals surface area (Å²) in [6, 6.07) is 0.286. The van der Waals surface area contributed by atoms with Crippen LogP contribution >= 0.6 is 0 Å². The Morgan fingerprint density at radius 2 is 2.39 bits per heavy atom. The van der Waals surface area contributed by atoms with Crippen LogP contribution in [0.15, 0.2) is 24.9 Å². The van der Waals surface area contributed by atoms with E-state index in [2.05, 4.69) is 19.5 Å². The minimum atomic E-state index is 0.217. The molecule has 6 heteroatoms. The molecule has 2 aromatic rings. The van der Waals surface area contributed by atoms with Gasteiger partial charge in [-0.25, -0.2) is 9.97 Å². The Hall–Kier alpha value is -2.11. The van der Waals surface area contributed by atoms with Crippen molar-refractivity contribution < 1.29 is 4.79 Å². The first-order valence-corrected chi connectivity index (χ1v) is 6.01. The van der Waals surface area contributed by atoms with Crippen LogP contribution in [-0.2, 0) is 4.79 Å². The number of rotatable bonds is 2. The first-order valence-electron chi connectivity index (χ1n) is 6.01. The highest BCUT2D eigenvalue weighted by molar-refractivity contribution is 5.76. The molecule has 1 amide bonds. The van der Waals surface area contributed by atoms with Crippen molar-refractivity contribution in [2.24, 2.45) is 0 Å². The molecule has 0 radical (unpaired) electrons.